The third-order valence-electron chi connectivity index (χ3n) is 6.35. The second kappa shape index (κ2) is 9.60. The molecule has 1 amide bonds. The number of furan rings is 1. The Morgan fingerprint density at radius 1 is 1.06 bits per heavy atom. The highest BCUT2D eigenvalue weighted by atomic mass is 16.5. The molecule has 0 spiro atoms. The van der Waals surface area contributed by atoms with Crippen LogP contribution in [0.4, 0.5) is 0 Å². The molecule has 1 aromatic carbocycles. The van der Waals surface area contributed by atoms with Gasteiger partial charge in [0.05, 0.1) is 21.3 Å². The van der Waals surface area contributed by atoms with E-state index in [1.807, 2.05) is 49.3 Å². The van der Waals surface area contributed by atoms with E-state index in [0.717, 1.165) is 35.6 Å². The molecule has 0 atom stereocenters. The fourth-order valence-electron chi connectivity index (χ4n) is 4.41. The SMILES string of the molecule is COc1cc(Cn2ccnc2C2CCN(C(=O)c3cc(C)c(C)o3)CC2)cc(OC)c1OC. The van der Waals surface area contributed by atoms with Gasteiger partial charge in [-0.25, -0.2) is 4.98 Å². The summed E-state index contributed by atoms with van der Waals surface area (Å²) in [6.07, 6.45) is 5.54. The molecule has 3 heterocycles. The highest BCUT2D eigenvalue weighted by Crippen LogP contribution is 2.38. The van der Waals surface area contributed by atoms with E-state index in [1.54, 1.807) is 21.3 Å². The average Bonchev–Trinajstić information content (AvgIpc) is 3.43. The van der Waals surface area contributed by atoms with Crippen LogP contribution in [0.1, 0.15) is 52.0 Å². The number of carbonyl (C=O) groups is 1. The molecule has 2 aromatic heterocycles. The number of hydrogen-bond acceptors (Lipinski definition) is 6. The van der Waals surface area contributed by atoms with Crippen LogP contribution in [0.3, 0.4) is 0 Å². The van der Waals surface area contributed by atoms with E-state index in [1.165, 1.54) is 0 Å². The topological polar surface area (TPSA) is 79.0 Å². The second-order valence-corrected chi connectivity index (χ2v) is 8.36. The molecule has 176 valence electrons. The predicted molar refractivity (Wildman–Crippen MR) is 123 cm³/mol. The number of nitrogens with zero attached hydrogens (tertiary/aromatic N) is 3. The molecule has 1 aliphatic heterocycles. The Bertz CT molecular complexity index is 1080. The Hall–Kier alpha value is -3.42. The standard InChI is InChI=1S/C25H31N3O5/c1-16-12-22(33-17(16)2)25(29)27-9-6-19(7-10-27)24-26-8-11-28(24)15-18-13-20(30-3)23(32-5)21(14-18)31-4/h8,11-14,19H,6-7,9-10,15H2,1-5H3. The number of carbonyl (C=O) groups excluding carboxylic acids is 1. The lowest BCUT2D eigenvalue weighted by Gasteiger charge is -2.31. The number of likely N-dealkylation sites (tertiary alicyclic amines) is 1. The van der Waals surface area contributed by atoms with Crippen LogP contribution in [0.5, 0.6) is 17.2 Å². The third-order valence-corrected chi connectivity index (χ3v) is 6.35. The van der Waals surface area contributed by atoms with Gasteiger partial charge in [-0.15, -0.1) is 0 Å². The molecular weight excluding hydrogens is 422 g/mol. The number of amides is 1. The molecule has 0 radical (unpaired) electrons. The van der Waals surface area contributed by atoms with Crippen molar-refractivity contribution in [2.24, 2.45) is 0 Å². The van der Waals surface area contributed by atoms with Crippen molar-refractivity contribution >= 4 is 5.91 Å². The lowest BCUT2D eigenvalue weighted by molar-refractivity contribution is 0.0677. The molecule has 8 heteroatoms. The van der Waals surface area contributed by atoms with Gasteiger partial charge in [0.1, 0.15) is 11.6 Å². The van der Waals surface area contributed by atoms with Crippen molar-refractivity contribution in [1.82, 2.24) is 14.5 Å². The molecule has 33 heavy (non-hydrogen) atoms. The van der Waals surface area contributed by atoms with E-state index in [2.05, 4.69) is 9.55 Å². The van der Waals surface area contributed by atoms with Crippen LogP contribution in [-0.4, -0.2) is 54.8 Å². The molecule has 3 aromatic rings. The molecule has 0 saturated carbocycles. The summed E-state index contributed by atoms with van der Waals surface area (Å²) in [5.74, 6) is 4.33. The number of hydrogen-bond donors (Lipinski definition) is 0. The number of piperidine rings is 1. The fourth-order valence-corrected chi connectivity index (χ4v) is 4.41. The summed E-state index contributed by atoms with van der Waals surface area (Å²) in [7, 11) is 4.83. The summed E-state index contributed by atoms with van der Waals surface area (Å²) < 4.78 is 24.2. The number of rotatable bonds is 7. The van der Waals surface area contributed by atoms with E-state index >= 15 is 0 Å². The number of benzene rings is 1. The summed E-state index contributed by atoms with van der Waals surface area (Å²) in [5, 5.41) is 0. The first-order chi connectivity index (χ1) is 15.9. The zero-order valence-corrected chi connectivity index (χ0v) is 19.9. The first-order valence-electron chi connectivity index (χ1n) is 11.1. The first kappa shape index (κ1) is 22.8. The van der Waals surface area contributed by atoms with Gasteiger partial charge in [-0.05, 0) is 56.0 Å². The van der Waals surface area contributed by atoms with Gasteiger partial charge < -0.3 is 28.1 Å². The predicted octanol–water partition coefficient (Wildman–Crippen LogP) is 4.19. The number of imidazole rings is 1. The molecule has 0 aliphatic carbocycles. The molecule has 1 fully saturated rings. The van der Waals surface area contributed by atoms with Crippen molar-refractivity contribution in [2.75, 3.05) is 34.4 Å². The van der Waals surface area contributed by atoms with Crippen LogP contribution < -0.4 is 14.2 Å². The van der Waals surface area contributed by atoms with Crippen molar-refractivity contribution in [3.05, 3.63) is 59.1 Å². The van der Waals surface area contributed by atoms with Crippen molar-refractivity contribution < 1.29 is 23.4 Å². The Kier molecular flexibility index (Phi) is 6.62. The van der Waals surface area contributed by atoms with Crippen molar-refractivity contribution in [1.29, 1.82) is 0 Å². The van der Waals surface area contributed by atoms with E-state index in [0.29, 0.717) is 42.6 Å². The Morgan fingerprint density at radius 2 is 1.73 bits per heavy atom. The first-order valence-corrected chi connectivity index (χ1v) is 11.1. The number of ether oxygens (including phenoxy) is 3. The minimum Gasteiger partial charge on any atom is -0.493 e. The summed E-state index contributed by atoms with van der Waals surface area (Å²) >= 11 is 0. The average molecular weight is 454 g/mol. The highest BCUT2D eigenvalue weighted by Gasteiger charge is 2.28. The Morgan fingerprint density at radius 3 is 2.27 bits per heavy atom. The lowest BCUT2D eigenvalue weighted by Crippen LogP contribution is -2.38. The number of methoxy groups -OCH3 is 3. The molecule has 0 bridgehead atoms. The van der Waals surface area contributed by atoms with Gasteiger partial charge in [-0.1, -0.05) is 0 Å². The quantitative estimate of drug-likeness (QED) is 0.534. The van der Waals surface area contributed by atoms with E-state index in [4.69, 9.17) is 18.6 Å². The Balaban J connectivity index is 1.46. The van der Waals surface area contributed by atoms with Gasteiger partial charge in [-0.2, -0.15) is 0 Å². The fraction of sp³-hybridized carbons (Fsp3) is 0.440. The van der Waals surface area contributed by atoms with Gasteiger partial charge >= 0.3 is 0 Å². The van der Waals surface area contributed by atoms with E-state index in [-0.39, 0.29) is 11.8 Å². The highest BCUT2D eigenvalue weighted by molar-refractivity contribution is 5.91. The van der Waals surface area contributed by atoms with Gasteiger partial charge in [-0.3, -0.25) is 4.79 Å². The second-order valence-electron chi connectivity index (χ2n) is 8.36. The summed E-state index contributed by atoms with van der Waals surface area (Å²) in [6, 6.07) is 5.74. The minimum absolute atomic E-state index is 0.0367. The van der Waals surface area contributed by atoms with Crippen LogP contribution >= 0.6 is 0 Å². The van der Waals surface area contributed by atoms with Crippen LogP contribution in [0.2, 0.25) is 0 Å². The zero-order chi connectivity index (χ0) is 23.5. The smallest absolute Gasteiger partial charge is 0.289 e. The molecule has 1 saturated heterocycles. The molecule has 8 nitrogen and oxygen atoms in total. The third kappa shape index (κ3) is 4.55. The largest absolute Gasteiger partial charge is 0.493 e. The summed E-state index contributed by atoms with van der Waals surface area (Å²) in [4.78, 5) is 19.3. The molecule has 4 rings (SSSR count). The lowest BCUT2D eigenvalue weighted by atomic mass is 9.95. The molecule has 1 aliphatic rings. The molecule has 0 N–H and O–H groups in total. The van der Waals surface area contributed by atoms with Gasteiger partial charge in [0, 0.05) is 37.9 Å². The van der Waals surface area contributed by atoms with E-state index in [9.17, 15) is 4.79 Å². The van der Waals surface area contributed by atoms with E-state index < -0.39 is 0 Å². The van der Waals surface area contributed by atoms with Crippen molar-refractivity contribution in [2.45, 2.75) is 39.2 Å². The van der Waals surface area contributed by atoms with Gasteiger partial charge in [0.25, 0.3) is 5.91 Å². The van der Waals surface area contributed by atoms with Crippen LogP contribution in [0.15, 0.2) is 35.0 Å². The number of aromatic nitrogens is 2. The zero-order valence-electron chi connectivity index (χ0n) is 19.9. The van der Waals surface area contributed by atoms with Gasteiger partial charge in [0.15, 0.2) is 17.3 Å². The maximum absolute atomic E-state index is 12.8. The van der Waals surface area contributed by atoms with Gasteiger partial charge in [0.2, 0.25) is 5.75 Å². The number of aryl methyl sites for hydroxylation is 2. The van der Waals surface area contributed by atoms with Crippen molar-refractivity contribution in [3.63, 3.8) is 0 Å². The minimum atomic E-state index is -0.0367. The van der Waals surface area contributed by atoms with Crippen molar-refractivity contribution in [3.8, 4) is 17.2 Å². The van der Waals surface area contributed by atoms with Crippen LogP contribution in [-0.2, 0) is 6.54 Å². The molecule has 0 unspecified atom stereocenters. The maximum atomic E-state index is 12.8. The maximum Gasteiger partial charge on any atom is 0.289 e. The monoisotopic (exact) mass is 453 g/mol. The van der Waals surface area contributed by atoms with Crippen LogP contribution in [0, 0.1) is 13.8 Å². The normalized spacial score (nSPS) is 14.4. The summed E-state index contributed by atoms with van der Waals surface area (Å²) in [6.45, 7) is 5.83. The summed E-state index contributed by atoms with van der Waals surface area (Å²) in [5.41, 5.74) is 2.03. The molecular formula is C25H31N3O5. The van der Waals surface area contributed by atoms with Crippen LogP contribution in [0.25, 0.3) is 0 Å². The Labute approximate surface area is 194 Å².